The Balaban J connectivity index is 2.03. The normalized spacial score (nSPS) is 14.4. The highest BCUT2D eigenvalue weighted by Crippen LogP contribution is 2.04. The quantitative estimate of drug-likeness (QED) is 0.0978. The van der Waals surface area contributed by atoms with Gasteiger partial charge in [-0.05, 0) is 19.3 Å². The van der Waals surface area contributed by atoms with Crippen LogP contribution in [0.3, 0.4) is 0 Å². The molecule has 1 rings (SSSR count). The first-order valence-corrected chi connectivity index (χ1v) is 8.46. The molecular formula is C16H25N5O5. The van der Waals surface area contributed by atoms with Crippen molar-refractivity contribution in [3.05, 3.63) is 12.2 Å². The summed E-state index contributed by atoms with van der Waals surface area (Å²) in [6, 6.07) is -0.372. The third kappa shape index (κ3) is 7.99. The van der Waals surface area contributed by atoms with Gasteiger partial charge in [-0.2, -0.15) is 0 Å². The Morgan fingerprint density at radius 1 is 1.04 bits per heavy atom. The van der Waals surface area contributed by atoms with Gasteiger partial charge in [-0.1, -0.05) is 0 Å². The summed E-state index contributed by atoms with van der Waals surface area (Å²) < 4.78 is 0. The standard InChI is InChI=1S/C16H25N5O5/c17-20-12(11-22)3-1-2-8-18-13(23)6-9-19-14(24)7-10-21-15(25)4-5-16(21)26/h4-5,11-12,20H,1-3,6-10,17H2,(H,18,23)(H,19,24). The number of amides is 4. The fraction of sp³-hybridized carbons (Fsp3) is 0.562. The van der Waals surface area contributed by atoms with Crippen LogP contribution in [0.1, 0.15) is 32.1 Å². The van der Waals surface area contributed by atoms with E-state index in [1.165, 1.54) is 0 Å². The summed E-state index contributed by atoms with van der Waals surface area (Å²) in [7, 11) is 0. The molecule has 0 saturated carbocycles. The van der Waals surface area contributed by atoms with Crippen molar-refractivity contribution in [2.75, 3.05) is 19.6 Å². The van der Waals surface area contributed by atoms with E-state index in [1.54, 1.807) is 0 Å². The van der Waals surface area contributed by atoms with Gasteiger partial charge in [0.05, 0.1) is 6.04 Å². The molecule has 0 aromatic heterocycles. The maximum Gasteiger partial charge on any atom is 0.253 e. The summed E-state index contributed by atoms with van der Waals surface area (Å²) in [5.41, 5.74) is 2.38. The molecule has 0 aliphatic carbocycles. The maximum atomic E-state index is 11.7. The van der Waals surface area contributed by atoms with Gasteiger partial charge < -0.3 is 15.4 Å². The molecule has 1 atom stereocenters. The fourth-order valence-corrected chi connectivity index (χ4v) is 2.26. The highest BCUT2D eigenvalue weighted by Gasteiger charge is 2.23. The molecular weight excluding hydrogens is 342 g/mol. The summed E-state index contributed by atoms with van der Waals surface area (Å²) in [6.45, 7) is 0.673. The van der Waals surface area contributed by atoms with Crippen molar-refractivity contribution in [2.45, 2.75) is 38.1 Å². The number of nitrogens with two attached hydrogens (primary N) is 1. The third-order valence-corrected chi connectivity index (χ3v) is 3.78. The lowest BCUT2D eigenvalue weighted by atomic mass is 10.1. The Kier molecular flexibility index (Phi) is 9.80. The summed E-state index contributed by atoms with van der Waals surface area (Å²) in [5, 5.41) is 5.29. The average molecular weight is 367 g/mol. The number of nitrogens with zero attached hydrogens (tertiary/aromatic N) is 1. The predicted octanol–water partition coefficient (Wildman–Crippen LogP) is -1.87. The molecule has 10 heteroatoms. The van der Waals surface area contributed by atoms with Gasteiger partial charge in [-0.25, -0.2) is 0 Å². The Hall–Kier alpha value is -2.59. The van der Waals surface area contributed by atoms with Gasteiger partial charge in [-0.3, -0.25) is 35.3 Å². The topological polar surface area (TPSA) is 151 Å². The van der Waals surface area contributed by atoms with Gasteiger partial charge in [0.15, 0.2) is 0 Å². The molecule has 144 valence electrons. The first-order valence-electron chi connectivity index (χ1n) is 8.46. The largest absolute Gasteiger partial charge is 0.356 e. The molecule has 0 bridgehead atoms. The van der Waals surface area contributed by atoms with Gasteiger partial charge in [0.2, 0.25) is 11.8 Å². The summed E-state index contributed by atoms with van der Waals surface area (Å²) in [6.07, 6.45) is 5.26. The highest BCUT2D eigenvalue weighted by atomic mass is 16.2. The van der Waals surface area contributed by atoms with E-state index in [9.17, 15) is 24.0 Å². The lowest BCUT2D eigenvalue weighted by Crippen LogP contribution is -2.36. The predicted molar refractivity (Wildman–Crippen MR) is 92.1 cm³/mol. The highest BCUT2D eigenvalue weighted by molar-refractivity contribution is 6.13. The van der Waals surface area contributed by atoms with E-state index in [1.807, 2.05) is 0 Å². The number of rotatable bonds is 13. The van der Waals surface area contributed by atoms with Crippen molar-refractivity contribution >= 4 is 29.9 Å². The smallest absolute Gasteiger partial charge is 0.253 e. The van der Waals surface area contributed by atoms with Crippen molar-refractivity contribution in [3.63, 3.8) is 0 Å². The van der Waals surface area contributed by atoms with Crippen LogP contribution in [0.4, 0.5) is 0 Å². The minimum Gasteiger partial charge on any atom is -0.356 e. The van der Waals surface area contributed by atoms with Crippen LogP contribution in [0.5, 0.6) is 0 Å². The van der Waals surface area contributed by atoms with E-state index in [2.05, 4.69) is 16.1 Å². The summed E-state index contributed by atoms with van der Waals surface area (Å²) in [4.78, 5) is 57.5. The monoisotopic (exact) mass is 367 g/mol. The molecule has 4 amide bonds. The summed E-state index contributed by atoms with van der Waals surface area (Å²) in [5.74, 6) is 3.79. The van der Waals surface area contributed by atoms with Crippen molar-refractivity contribution in [1.29, 1.82) is 0 Å². The number of aldehydes is 1. The molecule has 1 heterocycles. The first-order chi connectivity index (χ1) is 12.5. The zero-order chi connectivity index (χ0) is 19.4. The minimum atomic E-state index is -0.427. The van der Waals surface area contributed by atoms with Gasteiger partial charge in [0.25, 0.3) is 11.8 Å². The lowest BCUT2D eigenvalue weighted by Gasteiger charge is -2.13. The van der Waals surface area contributed by atoms with Crippen molar-refractivity contribution in [1.82, 2.24) is 21.0 Å². The van der Waals surface area contributed by atoms with Gasteiger partial charge in [-0.15, -0.1) is 0 Å². The number of imide groups is 1. The average Bonchev–Trinajstić information content (AvgIpc) is 2.94. The Morgan fingerprint density at radius 3 is 2.27 bits per heavy atom. The zero-order valence-electron chi connectivity index (χ0n) is 14.5. The Labute approximate surface area is 151 Å². The van der Waals surface area contributed by atoms with Crippen molar-refractivity contribution < 1.29 is 24.0 Å². The van der Waals surface area contributed by atoms with E-state index in [0.717, 1.165) is 36.2 Å². The minimum absolute atomic E-state index is 0.00610. The second kappa shape index (κ2) is 11.9. The number of hydrogen-bond donors (Lipinski definition) is 4. The van der Waals surface area contributed by atoms with E-state index in [4.69, 9.17) is 5.84 Å². The second-order valence-corrected chi connectivity index (χ2v) is 5.77. The molecule has 1 aliphatic rings. The molecule has 10 nitrogen and oxygen atoms in total. The zero-order valence-corrected chi connectivity index (χ0v) is 14.5. The Bertz CT molecular complexity index is 545. The number of hydrogen-bond acceptors (Lipinski definition) is 7. The van der Waals surface area contributed by atoms with Crippen molar-refractivity contribution in [3.8, 4) is 0 Å². The molecule has 5 N–H and O–H groups in total. The third-order valence-electron chi connectivity index (χ3n) is 3.78. The van der Waals surface area contributed by atoms with Crippen LogP contribution < -0.4 is 21.9 Å². The molecule has 0 saturated heterocycles. The Morgan fingerprint density at radius 2 is 1.65 bits per heavy atom. The van der Waals surface area contributed by atoms with Crippen LogP contribution in [0.2, 0.25) is 0 Å². The fourth-order valence-electron chi connectivity index (χ4n) is 2.26. The number of unbranched alkanes of at least 4 members (excludes halogenated alkanes) is 1. The van der Waals surface area contributed by atoms with E-state index < -0.39 is 11.8 Å². The van der Waals surface area contributed by atoms with E-state index in [-0.39, 0.29) is 43.8 Å². The second-order valence-electron chi connectivity index (χ2n) is 5.77. The van der Waals surface area contributed by atoms with E-state index >= 15 is 0 Å². The lowest BCUT2D eigenvalue weighted by molar-refractivity contribution is -0.137. The van der Waals surface area contributed by atoms with Crippen LogP contribution in [0.15, 0.2) is 12.2 Å². The number of carbonyl (C=O) groups excluding carboxylic acids is 5. The van der Waals surface area contributed by atoms with Crippen molar-refractivity contribution in [2.24, 2.45) is 5.84 Å². The van der Waals surface area contributed by atoms with E-state index in [0.29, 0.717) is 13.0 Å². The molecule has 26 heavy (non-hydrogen) atoms. The van der Waals surface area contributed by atoms with Gasteiger partial charge >= 0.3 is 0 Å². The number of nitrogens with one attached hydrogen (secondary N) is 3. The van der Waals surface area contributed by atoms with Crippen LogP contribution >= 0.6 is 0 Å². The van der Waals surface area contributed by atoms with Crippen LogP contribution in [-0.4, -0.2) is 60.5 Å². The summed E-state index contributed by atoms with van der Waals surface area (Å²) >= 11 is 0. The van der Waals surface area contributed by atoms with Crippen LogP contribution in [-0.2, 0) is 24.0 Å². The maximum absolute atomic E-state index is 11.7. The number of carbonyl (C=O) groups is 5. The molecule has 0 radical (unpaired) electrons. The molecule has 1 unspecified atom stereocenters. The van der Waals surface area contributed by atoms with Crippen LogP contribution in [0, 0.1) is 0 Å². The molecule has 0 aromatic carbocycles. The SMILES string of the molecule is NNC(C=O)CCCCNC(=O)CCNC(=O)CCN1C(=O)C=CC1=O. The first kappa shape index (κ1) is 21.5. The van der Waals surface area contributed by atoms with Crippen LogP contribution in [0.25, 0.3) is 0 Å². The molecule has 0 spiro atoms. The van der Waals surface area contributed by atoms with Gasteiger partial charge in [0.1, 0.15) is 6.29 Å². The number of hydrazine groups is 1. The molecule has 0 fully saturated rings. The molecule has 0 aromatic rings. The molecule has 1 aliphatic heterocycles. The van der Waals surface area contributed by atoms with Gasteiger partial charge in [0, 0.05) is 44.6 Å².